The molecule has 4 aromatic carbocycles. The second-order valence-corrected chi connectivity index (χ2v) is 26.9. The summed E-state index contributed by atoms with van der Waals surface area (Å²) in [6.07, 6.45) is 1.65. The maximum absolute atomic E-state index is 15.2. The van der Waals surface area contributed by atoms with Crippen LogP contribution >= 0.6 is 25.3 Å². The van der Waals surface area contributed by atoms with Crippen LogP contribution in [0.15, 0.2) is 122 Å². The summed E-state index contributed by atoms with van der Waals surface area (Å²) in [5.41, 5.74) is 8.58. The summed E-state index contributed by atoms with van der Waals surface area (Å²) in [4.78, 5) is 206. The zero-order valence-electron chi connectivity index (χ0n) is 59.8. The van der Waals surface area contributed by atoms with Crippen LogP contribution in [0.5, 0.6) is 11.5 Å². The highest BCUT2D eigenvalue weighted by atomic mass is 32.1. The van der Waals surface area contributed by atoms with Crippen molar-refractivity contribution >= 4 is 130 Å². The molecule has 0 radical (unpaired) electrons. The van der Waals surface area contributed by atoms with Crippen molar-refractivity contribution in [1.29, 1.82) is 0 Å². The zero-order chi connectivity index (χ0) is 79.8. The second-order valence-electron chi connectivity index (χ2n) is 26.2. The Labute approximate surface area is 635 Å². The SMILES string of the molecule is CC(=O)N[C@@H](CS)C(=O)N[C@@H](C)C(=O)N[C@@H](CC(=O)O)C(=O)N[C@@H](Cc1c[nH]c2ccccc12)C(=O)N[C@H](C(=O)N[C@@H](CS)C(=O)N[C@@H](Cc1ccc(O)cc1)C(=O)N[C@@H](Cc1c[nH]c2ccccc12)C(=O)N[C@@H](Cc1cnc[nH]1)C(=O)N[C@H](C(=O)N[C@@H](Cc1ccc(O)cc1)C(=O)NCC(N)=O)[C@@H](C)O)C(C)C. The number of aromatic nitrogens is 4. The molecular formula is C72H89N17O18S2. The molecule has 582 valence electrons. The Morgan fingerprint density at radius 2 is 0.844 bits per heavy atom. The van der Waals surface area contributed by atoms with Gasteiger partial charge in [0.1, 0.15) is 78.0 Å². The van der Waals surface area contributed by atoms with E-state index in [-0.39, 0.29) is 55.0 Å². The molecule has 7 rings (SSSR count). The van der Waals surface area contributed by atoms with Crippen LogP contribution in [0, 0.1) is 5.92 Å². The predicted octanol–water partition coefficient (Wildman–Crippen LogP) is -2.36. The van der Waals surface area contributed by atoms with Gasteiger partial charge in [-0.25, -0.2) is 4.98 Å². The van der Waals surface area contributed by atoms with Crippen molar-refractivity contribution in [1.82, 2.24) is 83.7 Å². The van der Waals surface area contributed by atoms with E-state index in [1.807, 2.05) is 0 Å². The van der Waals surface area contributed by atoms with Crippen molar-refractivity contribution in [2.75, 3.05) is 18.1 Å². The number of rotatable bonds is 40. The first-order valence-corrected chi connectivity index (χ1v) is 35.7. The number of imidazole rings is 1. The van der Waals surface area contributed by atoms with E-state index >= 15 is 9.59 Å². The molecule has 3 aromatic heterocycles. The Morgan fingerprint density at radius 1 is 0.450 bits per heavy atom. The lowest BCUT2D eigenvalue weighted by molar-refractivity contribution is -0.141. The topological polar surface area (TPSA) is 551 Å². The Hall–Kier alpha value is -12.0. The number of nitrogens with two attached hydrogens (primary N) is 1. The fourth-order valence-corrected chi connectivity index (χ4v) is 12.0. The number of amides is 13. The van der Waals surface area contributed by atoms with Gasteiger partial charge < -0.3 is 105 Å². The number of aromatic amines is 3. The van der Waals surface area contributed by atoms with Crippen molar-refractivity contribution in [3.05, 3.63) is 150 Å². The molecule has 3 heterocycles. The van der Waals surface area contributed by atoms with Crippen LogP contribution in [0.4, 0.5) is 0 Å². The van der Waals surface area contributed by atoms with Crippen molar-refractivity contribution < 1.29 is 87.5 Å². The van der Waals surface area contributed by atoms with Crippen molar-refractivity contribution in [3.8, 4) is 11.5 Å². The van der Waals surface area contributed by atoms with Gasteiger partial charge in [-0.3, -0.25) is 67.1 Å². The first kappa shape index (κ1) is 84.3. The van der Waals surface area contributed by atoms with E-state index in [2.05, 4.69) is 109 Å². The molecule has 0 aliphatic carbocycles. The fourth-order valence-electron chi connectivity index (χ4n) is 11.5. The number of aliphatic hydroxyl groups is 1. The maximum Gasteiger partial charge on any atom is 0.305 e. The van der Waals surface area contributed by atoms with Crippen LogP contribution in [-0.2, 0) is 99.2 Å². The molecule has 13 amide bonds. The number of phenolic OH excluding ortho intramolecular Hbond substituents is 2. The number of H-pyrrole nitrogens is 3. The molecule has 12 atom stereocenters. The van der Waals surface area contributed by atoms with Gasteiger partial charge in [-0.2, -0.15) is 25.3 Å². The van der Waals surface area contributed by atoms with E-state index in [0.717, 1.165) is 6.92 Å². The number of nitrogens with one attached hydrogen (secondary N) is 15. The molecule has 0 unspecified atom stereocenters. The van der Waals surface area contributed by atoms with Crippen LogP contribution < -0.4 is 69.5 Å². The first-order chi connectivity index (χ1) is 51.8. The minimum absolute atomic E-state index is 0.0973. The fraction of sp³-hybridized carbons (Fsp3) is 0.375. The molecule has 35 nitrogen and oxygen atoms in total. The number of primary amides is 1. The van der Waals surface area contributed by atoms with Crippen LogP contribution in [0.1, 0.15) is 69.0 Å². The Bertz CT molecular complexity index is 4400. The largest absolute Gasteiger partial charge is 0.508 e. The number of benzene rings is 4. The monoisotopic (exact) mass is 1540 g/mol. The molecular weight excluding hydrogens is 1460 g/mol. The molecule has 0 spiro atoms. The normalized spacial score (nSPS) is 14.5. The quantitative estimate of drug-likeness (QED) is 0.0179. The van der Waals surface area contributed by atoms with Crippen molar-refractivity contribution in [2.45, 2.75) is 146 Å². The number of fused-ring (bicyclic) bond motifs is 2. The zero-order valence-corrected chi connectivity index (χ0v) is 61.6. The van der Waals surface area contributed by atoms with Crippen LogP contribution in [0.3, 0.4) is 0 Å². The number of hydrogen-bond acceptors (Lipinski definition) is 20. The Morgan fingerprint density at radius 3 is 1.29 bits per heavy atom. The molecule has 0 fully saturated rings. The Kier molecular flexibility index (Phi) is 31.0. The number of carboxylic acid groups (broad SMARTS) is 1. The summed E-state index contributed by atoms with van der Waals surface area (Å²) in [5.74, 6) is -15.7. The standard InChI is InChI=1S/C72H89N17O18S2/c1-35(2)60(88-67(102)53(25-42-29-76-49-13-9-7-11-47(42)49)84-66(101)55(27-59(95)96)81-62(97)36(3)79-69(104)56(32-108)80-38(5)91)71(106)87-57(33-109)70(105)82-51(23-40-16-20-45(93)21-17-40)64(99)83-52(24-41-28-75-48-12-8-6-10-46(41)48)65(100)85-54(26-43-30-74-34-78-43)68(103)89-61(37(4)90)72(107)86-50(63(98)77-31-58(73)94)22-39-14-18-44(92)19-15-39/h6-21,28-30,34-37,50-57,60-61,75-76,90,92-93,108-109H,22-27,31-33H2,1-5H3,(H2,73,94)(H,74,78)(H,77,98)(H,79,104)(H,80,91)(H,81,97)(H,82,105)(H,83,99)(H,84,101)(H,85,100)(H,86,107)(H,87,106)(H,88,102)(H,89,103)(H,95,96)/t36-,37+,50-,51-,52-,53-,54-,55-,56-,57-,60-,61-/m0/s1. The van der Waals surface area contributed by atoms with Gasteiger partial charge in [0.25, 0.3) is 0 Å². The Balaban J connectivity index is 1.13. The van der Waals surface area contributed by atoms with Crippen molar-refractivity contribution in [3.63, 3.8) is 0 Å². The van der Waals surface area contributed by atoms with Gasteiger partial charge >= 0.3 is 5.97 Å². The number of thiol groups is 2. The molecule has 109 heavy (non-hydrogen) atoms. The summed E-state index contributed by atoms with van der Waals surface area (Å²) >= 11 is 8.47. The van der Waals surface area contributed by atoms with Gasteiger partial charge in [-0.1, -0.05) is 74.5 Å². The first-order valence-electron chi connectivity index (χ1n) is 34.4. The van der Waals surface area contributed by atoms with Gasteiger partial charge in [0, 0.05) is 96.6 Å². The lowest BCUT2D eigenvalue weighted by Crippen LogP contribution is -2.62. The van der Waals surface area contributed by atoms with Crippen LogP contribution in [-0.4, -0.2) is 214 Å². The number of aliphatic hydroxyl groups excluding tert-OH is 1. The molecule has 0 saturated heterocycles. The number of aromatic hydroxyl groups is 2. The predicted molar refractivity (Wildman–Crippen MR) is 401 cm³/mol. The van der Waals surface area contributed by atoms with Gasteiger partial charge in [0.15, 0.2) is 0 Å². The highest BCUT2D eigenvalue weighted by Gasteiger charge is 2.39. The second kappa shape index (κ2) is 40.1. The summed E-state index contributed by atoms with van der Waals surface area (Å²) in [6.45, 7) is 6.07. The number of aliphatic carboxylic acids is 1. The molecule has 21 N–H and O–H groups in total. The molecule has 37 heteroatoms. The smallest absolute Gasteiger partial charge is 0.305 e. The number of carboxylic acids is 1. The van der Waals surface area contributed by atoms with Crippen LogP contribution in [0.2, 0.25) is 0 Å². The number of carbonyl (C=O) groups is 14. The van der Waals surface area contributed by atoms with Crippen molar-refractivity contribution in [2.24, 2.45) is 11.7 Å². The van der Waals surface area contributed by atoms with Gasteiger partial charge in [0.05, 0.1) is 25.4 Å². The third-order valence-electron chi connectivity index (χ3n) is 17.3. The minimum atomic E-state index is -1.86. The molecule has 0 saturated carbocycles. The third kappa shape index (κ3) is 25.1. The molecule has 0 aliphatic heterocycles. The molecule has 7 aromatic rings. The van der Waals surface area contributed by atoms with E-state index in [1.54, 1.807) is 74.8 Å². The highest BCUT2D eigenvalue weighted by Crippen LogP contribution is 2.23. The van der Waals surface area contributed by atoms with E-state index in [9.17, 15) is 78.0 Å². The van der Waals surface area contributed by atoms with Gasteiger partial charge in [-0.05, 0) is 78.4 Å². The summed E-state index contributed by atoms with van der Waals surface area (Å²) in [6, 6.07) is 7.76. The number of phenols is 2. The highest BCUT2D eigenvalue weighted by molar-refractivity contribution is 7.80. The molecule has 0 bridgehead atoms. The average Bonchev–Trinajstić information content (AvgIpc) is 1.74. The lowest BCUT2D eigenvalue weighted by Gasteiger charge is -2.29. The van der Waals surface area contributed by atoms with Gasteiger partial charge in [-0.15, -0.1) is 0 Å². The maximum atomic E-state index is 15.2. The van der Waals surface area contributed by atoms with Gasteiger partial charge in [0.2, 0.25) is 76.8 Å². The summed E-state index contributed by atoms with van der Waals surface area (Å²) in [7, 11) is 0. The summed E-state index contributed by atoms with van der Waals surface area (Å²) in [5, 5.41) is 72.5. The van der Waals surface area contributed by atoms with E-state index in [0.29, 0.717) is 44.1 Å². The van der Waals surface area contributed by atoms with Crippen LogP contribution in [0.25, 0.3) is 21.8 Å². The number of carbonyl (C=O) groups excluding carboxylic acids is 13. The van der Waals surface area contributed by atoms with E-state index in [1.165, 1.54) is 74.9 Å². The number of para-hydroxylation sites is 2. The minimum Gasteiger partial charge on any atom is -0.508 e. The lowest BCUT2D eigenvalue weighted by atomic mass is 9.99. The summed E-state index contributed by atoms with van der Waals surface area (Å²) < 4.78 is 0. The van der Waals surface area contributed by atoms with E-state index < -0.39 is 180 Å². The van der Waals surface area contributed by atoms with E-state index in [4.69, 9.17) is 5.73 Å². The average molecular weight is 1540 g/mol. The number of hydrogen-bond donors (Lipinski definition) is 22. The number of nitrogens with zero attached hydrogens (tertiary/aromatic N) is 1. The third-order valence-corrected chi connectivity index (χ3v) is 18.0. The molecule has 0 aliphatic rings.